The molecule has 1 saturated heterocycles. The molecule has 2 aromatic rings. The highest BCUT2D eigenvalue weighted by Crippen LogP contribution is 2.53. The third kappa shape index (κ3) is 3.67. The van der Waals surface area contributed by atoms with Crippen molar-refractivity contribution in [1.29, 1.82) is 0 Å². The van der Waals surface area contributed by atoms with Crippen LogP contribution in [0.15, 0.2) is 23.0 Å². The van der Waals surface area contributed by atoms with E-state index in [9.17, 15) is 14.7 Å². The average molecular weight is 473 g/mol. The Labute approximate surface area is 196 Å². The van der Waals surface area contributed by atoms with Gasteiger partial charge in [0, 0.05) is 43.4 Å². The molecule has 9 heteroatoms. The number of carboxylic acids is 1. The zero-order valence-corrected chi connectivity index (χ0v) is 19.3. The molecule has 1 aliphatic carbocycles. The highest BCUT2D eigenvalue weighted by Gasteiger charge is 2.48. The number of hydrogen-bond donors (Lipinski definition) is 1. The number of methoxy groups -OCH3 is 1. The van der Waals surface area contributed by atoms with Gasteiger partial charge in [-0.3, -0.25) is 4.79 Å². The SMILES string of the molecule is COCCCOc1cc2c(cc1F)-c1c(cc(C(=O)O)c(=O)n1C1CCC1)C(C1(C)COC1)O2. The highest BCUT2D eigenvalue weighted by molar-refractivity contribution is 5.89. The summed E-state index contributed by atoms with van der Waals surface area (Å²) in [6.45, 7) is 3.64. The van der Waals surface area contributed by atoms with Gasteiger partial charge in [0.1, 0.15) is 17.4 Å². The summed E-state index contributed by atoms with van der Waals surface area (Å²) in [6.07, 6.45) is 2.53. The predicted molar refractivity (Wildman–Crippen MR) is 120 cm³/mol. The van der Waals surface area contributed by atoms with Gasteiger partial charge in [0.15, 0.2) is 11.6 Å². The Kier molecular flexibility index (Phi) is 5.85. The van der Waals surface area contributed by atoms with Crippen LogP contribution in [-0.4, -0.2) is 49.2 Å². The summed E-state index contributed by atoms with van der Waals surface area (Å²) in [5, 5.41) is 9.76. The number of aromatic carboxylic acids is 1. The van der Waals surface area contributed by atoms with Crippen LogP contribution >= 0.6 is 0 Å². The Morgan fingerprint density at radius 1 is 1.26 bits per heavy atom. The lowest BCUT2D eigenvalue weighted by atomic mass is 9.76. The Balaban J connectivity index is 1.69. The van der Waals surface area contributed by atoms with Crippen LogP contribution in [0.3, 0.4) is 0 Å². The zero-order valence-electron chi connectivity index (χ0n) is 19.3. The van der Waals surface area contributed by atoms with E-state index in [2.05, 4.69) is 0 Å². The summed E-state index contributed by atoms with van der Waals surface area (Å²) in [7, 11) is 1.59. The van der Waals surface area contributed by atoms with Gasteiger partial charge in [-0.15, -0.1) is 0 Å². The molecular formula is C25H28FNO7. The van der Waals surface area contributed by atoms with E-state index in [-0.39, 0.29) is 24.0 Å². The molecule has 3 heterocycles. The number of rotatable bonds is 8. The minimum atomic E-state index is -1.29. The summed E-state index contributed by atoms with van der Waals surface area (Å²) in [4.78, 5) is 25.3. The molecule has 0 bridgehead atoms. The van der Waals surface area contributed by atoms with Crippen LogP contribution in [0.2, 0.25) is 0 Å². The van der Waals surface area contributed by atoms with Crippen molar-refractivity contribution in [1.82, 2.24) is 4.57 Å². The van der Waals surface area contributed by atoms with Crippen molar-refractivity contribution < 1.29 is 33.2 Å². The second kappa shape index (κ2) is 8.70. The quantitative estimate of drug-likeness (QED) is 0.580. The van der Waals surface area contributed by atoms with Crippen LogP contribution < -0.4 is 15.0 Å². The number of hydrogen-bond acceptors (Lipinski definition) is 6. The van der Waals surface area contributed by atoms with Crippen molar-refractivity contribution in [3.05, 3.63) is 45.5 Å². The molecule has 1 atom stereocenters. The smallest absolute Gasteiger partial charge is 0.341 e. The van der Waals surface area contributed by atoms with Crippen molar-refractivity contribution in [2.45, 2.75) is 44.8 Å². The van der Waals surface area contributed by atoms with Crippen molar-refractivity contribution in [3.63, 3.8) is 0 Å². The number of benzene rings is 1. The lowest BCUT2D eigenvalue weighted by Crippen LogP contribution is -2.48. The number of nitrogens with zero attached hydrogens (tertiary/aromatic N) is 1. The molecule has 1 aromatic carbocycles. The van der Waals surface area contributed by atoms with Gasteiger partial charge in [-0.2, -0.15) is 0 Å². The molecule has 0 radical (unpaired) electrons. The fourth-order valence-corrected chi connectivity index (χ4v) is 4.88. The van der Waals surface area contributed by atoms with E-state index in [1.807, 2.05) is 6.92 Å². The number of fused-ring (bicyclic) bond motifs is 3. The summed E-state index contributed by atoms with van der Waals surface area (Å²) >= 11 is 0. The maximum absolute atomic E-state index is 15.1. The maximum atomic E-state index is 15.1. The Morgan fingerprint density at radius 2 is 2.03 bits per heavy atom. The van der Waals surface area contributed by atoms with E-state index < -0.39 is 28.9 Å². The largest absolute Gasteiger partial charge is 0.490 e. The molecule has 1 aromatic heterocycles. The molecular weight excluding hydrogens is 445 g/mol. The lowest BCUT2D eigenvalue weighted by molar-refractivity contribution is -0.156. The van der Waals surface area contributed by atoms with E-state index in [1.165, 1.54) is 18.2 Å². The molecule has 182 valence electrons. The Hall–Kier alpha value is -2.91. The van der Waals surface area contributed by atoms with Crippen LogP contribution in [0.5, 0.6) is 11.5 Å². The number of ether oxygens (including phenoxy) is 4. The first kappa shape index (κ1) is 22.9. The van der Waals surface area contributed by atoms with Crippen molar-refractivity contribution in [2.24, 2.45) is 5.41 Å². The van der Waals surface area contributed by atoms with Gasteiger partial charge in [0.05, 0.1) is 30.9 Å². The first-order valence-electron chi connectivity index (χ1n) is 11.6. The van der Waals surface area contributed by atoms with Crippen LogP contribution in [-0.2, 0) is 9.47 Å². The van der Waals surface area contributed by atoms with Crippen LogP contribution in [0, 0.1) is 11.2 Å². The summed E-state index contributed by atoms with van der Waals surface area (Å²) in [5.41, 5.74) is 0.248. The van der Waals surface area contributed by atoms with E-state index in [0.717, 1.165) is 19.3 Å². The van der Waals surface area contributed by atoms with Gasteiger partial charge in [-0.05, 0) is 31.4 Å². The summed E-state index contributed by atoms with van der Waals surface area (Å²) in [6, 6.07) is 4.12. The standard InChI is InChI=1S/C25H28FNO7/c1-25(12-32-13-25)22-16-9-17(24(29)30)23(28)27(14-5-3-6-14)21(16)15-10-18(26)20(11-19(15)34-22)33-8-4-7-31-2/h9-11,14,22H,3-8,12-13H2,1-2H3,(H,29,30). The van der Waals surface area contributed by atoms with Crippen LogP contribution in [0.1, 0.15) is 60.7 Å². The number of carbonyl (C=O) groups is 1. The molecule has 1 N–H and O–H groups in total. The van der Waals surface area contributed by atoms with E-state index in [4.69, 9.17) is 18.9 Å². The monoisotopic (exact) mass is 473 g/mol. The number of pyridine rings is 1. The molecule has 0 amide bonds. The molecule has 2 aliphatic heterocycles. The Bertz CT molecular complexity index is 1180. The number of aromatic nitrogens is 1. The molecule has 1 unspecified atom stereocenters. The first-order chi connectivity index (χ1) is 16.3. The average Bonchev–Trinajstić information content (AvgIpc) is 2.75. The fourth-order valence-electron chi connectivity index (χ4n) is 4.88. The van der Waals surface area contributed by atoms with E-state index in [0.29, 0.717) is 48.8 Å². The van der Waals surface area contributed by atoms with Crippen molar-refractivity contribution in [3.8, 4) is 22.8 Å². The second-order valence-electron chi connectivity index (χ2n) is 9.55. The van der Waals surface area contributed by atoms with E-state index in [1.54, 1.807) is 11.7 Å². The molecule has 2 fully saturated rings. The van der Waals surface area contributed by atoms with Gasteiger partial charge in [0.2, 0.25) is 0 Å². The normalized spacial score (nSPS) is 20.4. The fraction of sp³-hybridized carbons (Fsp3) is 0.520. The predicted octanol–water partition coefficient (Wildman–Crippen LogP) is 3.96. The second-order valence-corrected chi connectivity index (χ2v) is 9.55. The third-order valence-electron chi connectivity index (χ3n) is 7.00. The molecule has 0 spiro atoms. The van der Waals surface area contributed by atoms with E-state index >= 15 is 4.39 Å². The van der Waals surface area contributed by atoms with Gasteiger partial charge >= 0.3 is 5.97 Å². The number of halogens is 1. The van der Waals surface area contributed by atoms with Crippen molar-refractivity contribution in [2.75, 3.05) is 33.5 Å². The molecule has 5 rings (SSSR count). The Morgan fingerprint density at radius 3 is 2.62 bits per heavy atom. The molecule has 34 heavy (non-hydrogen) atoms. The summed E-state index contributed by atoms with van der Waals surface area (Å²) in [5.74, 6) is -1.39. The van der Waals surface area contributed by atoms with Crippen LogP contribution in [0.4, 0.5) is 4.39 Å². The van der Waals surface area contributed by atoms with Gasteiger partial charge in [-0.25, -0.2) is 9.18 Å². The van der Waals surface area contributed by atoms with Gasteiger partial charge in [-0.1, -0.05) is 6.92 Å². The molecule has 1 saturated carbocycles. The van der Waals surface area contributed by atoms with Gasteiger partial charge < -0.3 is 28.6 Å². The minimum absolute atomic E-state index is 0.0618. The lowest BCUT2D eigenvalue weighted by Gasteiger charge is -2.47. The minimum Gasteiger partial charge on any atom is -0.490 e. The molecule has 8 nitrogen and oxygen atoms in total. The highest BCUT2D eigenvalue weighted by atomic mass is 19.1. The molecule has 3 aliphatic rings. The van der Waals surface area contributed by atoms with Crippen molar-refractivity contribution >= 4 is 5.97 Å². The van der Waals surface area contributed by atoms with Gasteiger partial charge in [0.25, 0.3) is 5.56 Å². The zero-order chi connectivity index (χ0) is 24.0. The first-order valence-corrected chi connectivity index (χ1v) is 11.6. The maximum Gasteiger partial charge on any atom is 0.341 e. The topological polar surface area (TPSA) is 96.2 Å². The summed E-state index contributed by atoms with van der Waals surface area (Å²) < 4.78 is 39.2. The third-order valence-corrected chi connectivity index (χ3v) is 7.00. The number of carboxylic acid groups (broad SMARTS) is 1. The van der Waals surface area contributed by atoms with Crippen LogP contribution in [0.25, 0.3) is 11.3 Å².